The Morgan fingerprint density at radius 1 is 1.00 bits per heavy atom. The summed E-state index contributed by atoms with van der Waals surface area (Å²) in [6.07, 6.45) is 1.83. The second kappa shape index (κ2) is 9.24. The summed E-state index contributed by atoms with van der Waals surface area (Å²) in [4.78, 5) is 6.84. The lowest BCUT2D eigenvalue weighted by Gasteiger charge is -2.29. The van der Waals surface area contributed by atoms with Crippen molar-refractivity contribution in [1.29, 1.82) is 0 Å². The van der Waals surface area contributed by atoms with Crippen LogP contribution in [-0.4, -0.2) is 21.8 Å². The van der Waals surface area contributed by atoms with Crippen LogP contribution in [0.1, 0.15) is 34.7 Å². The van der Waals surface area contributed by atoms with E-state index in [0.29, 0.717) is 5.11 Å². The largest absolute Gasteiger partial charge is 0.495 e. The maximum atomic E-state index is 5.89. The molecule has 4 aromatic rings. The predicted molar refractivity (Wildman–Crippen MR) is 144 cm³/mol. The van der Waals surface area contributed by atoms with Crippen molar-refractivity contribution < 1.29 is 4.74 Å². The van der Waals surface area contributed by atoms with Crippen LogP contribution in [0.25, 0.3) is 5.69 Å². The second-order valence-electron chi connectivity index (χ2n) is 8.31. The summed E-state index contributed by atoms with van der Waals surface area (Å²) >= 11 is 9.44. The normalized spacial score (nSPS) is 17.6. The van der Waals surface area contributed by atoms with Crippen LogP contribution in [0.3, 0.4) is 0 Å². The standard InChI is InChI=1S/C27H25BrN4OS/c1-17-16-21(18(2)31(17)20-13-11-19(28)12-14-20)26-25(22-8-6-7-15-29-22)30-27(34)32(26)23-9-4-5-10-24(23)33-3/h4-16,25-26H,1-3H3,(H,30,34)/t25-,26+/m1/s1. The summed E-state index contributed by atoms with van der Waals surface area (Å²) in [5.41, 5.74) is 6.51. The van der Waals surface area contributed by atoms with Crippen molar-refractivity contribution in [3.63, 3.8) is 0 Å². The van der Waals surface area contributed by atoms with E-state index in [1.807, 2.05) is 42.6 Å². The van der Waals surface area contributed by atoms with E-state index in [9.17, 15) is 0 Å². The number of pyridine rings is 1. The van der Waals surface area contributed by atoms with Gasteiger partial charge in [-0.05, 0) is 86.2 Å². The van der Waals surface area contributed by atoms with Crippen molar-refractivity contribution in [1.82, 2.24) is 14.9 Å². The van der Waals surface area contributed by atoms with Crippen LogP contribution in [0.15, 0.2) is 83.5 Å². The van der Waals surface area contributed by atoms with Gasteiger partial charge in [0, 0.05) is 27.7 Å². The first-order valence-corrected chi connectivity index (χ1v) is 12.3. The molecule has 0 spiro atoms. The quantitative estimate of drug-likeness (QED) is 0.299. The fourth-order valence-corrected chi connectivity index (χ4v) is 5.44. The number of hydrogen-bond donors (Lipinski definition) is 1. The maximum absolute atomic E-state index is 5.89. The van der Waals surface area contributed by atoms with Crippen LogP contribution in [0.2, 0.25) is 0 Å². The molecule has 1 fully saturated rings. The third-order valence-corrected chi connectivity index (χ3v) is 7.16. The molecule has 1 aliphatic heterocycles. The minimum absolute atomic E-state index is 0.103. The number of thiocarbonyl (C=S) groups is 1. The van der Waals surface area contributed by atoms with Gasteiger partial charge in [0.15, 0.2) is 5.11 Å². The van der Waals surface area contributed by atoms with Gasteiger partial charge < -0.3 is 19.5 Å². The van der Waals surface area contributed by atoms with Crippen LogP contribution < -0.4 is 15.0 Å². The predicted octanol–water partition coefficient (Wildman–Crippen LogP) is 6.44. The molecule has 2 atom stereocenters. The summed E-state index contributed by atoms with van der Waals surface area (Å²) < 4.78 is 9.06. The van der Waals surface area contributed by atoms with Gasteiger partial charge in [-0.15, -0.1) is 0 Å². The van der Waals surface area contributed by atoms with Crippen molar-refractivity contribution in [3.8, 4) is 11.4 Å². The molecule has 5 rings (SSSR count). The molecule has 5 nitrogen and oxygen atoms in total. The highest BCUT2D eigenvalue weighted by atomic mass is 79.9. The number of halogens is 1. The molecule has 172 valence electrons. The molecule has 0 saturated carbocycles. The molecule has 34 heavy (non-hydrogen) atoms. The molecule has 1 saturated heterocycles. The molecule has 7 heteroatoms. The third kappa shape index (κ3) is 3.89. The van der Waals surface area contributed by atoms with Crippen molar-refractivity contribution in [2.45, 2.75) is 25.9 Å². The lowest BCUT2D eigenvalue weighted by molar-refractivity contribution is 0.414. The number of aromatic nitrogens is 2. The smallest absolute Gasteiger partial charge is 0.174 e. The zero-order chi connectivity index (χ0) is 23.8. The van der Waals surface area contributed by atoms with Crippen LogP contribution in [0.4, 0.5) is 5.69 Å². The monoisotopic (exact) mass is 532 g/mol. The first kappa shape index (κ1) is 22.6. The molecule has 0 bridgehead atoms. The number of nitrogens with one attached hydrogen (secondary N) is 1. The third-order valence-electron chi connectivity index (χ3n) is 6.32. The van der Waals surface area contributed by atoms with E-state index in [2.05, 4.69) is 85.9 Å². The Bertz CT molecular complexity index is 1340. The molecular formula is C27H25BrN4OS. The average molecular weight is 533 g/mol. The van der Waals surface area contributed by atoms with E-state index in [1.165, 1.54) is 5.56 Å². The number of ether oxygens (including phenoxy) is 1. The van der Waals surface area contributed by atoms with E-state index < -0.39 is 0 Å². The SMILES string of the molecule is COc1ccccc1N1C(=S)N[C@H](c2ccccn2)[C@@H]1c1cc(C)n(-c2ccc(Br)cc2)c1C. The number of aryl methyl sites for hydroxylation is 1. The number of para-hydroxylation sites is 2. The summed E-state index contributed by atoms with van der Waals surface area (Å²) in [7, 11) is 1.69. The minimum Gasteiger partial charge on any atom is -0.495 e. The average Bonchev–Trinajstić information content (AvgIpc) is 3.35. The van der Waals surface area contributed by atoms with E-state index >= 15 is 0 Å². The first-order valence-electron chi connectivity index (χ1n) is 11.1. The molecule has 3 heterocycles. The van der Waals surface area contributed by atoms with Gasteiger partial charge in [-0.1, -0.05) is 34.1 Å². The zero-order valence-corrected chi connectivity index (χ0v) is 21.6. The highest BCUT2D eigenvalue weighted by molar-refractivity contribution is 9.10. The van der Waals surface area contributed by atoms with Crippen molar-refractivity contribution in [2.75, 3.05) is 12.0 Å². The van der Waals surface area contributed by atoms with Gasteiger partial charge in [-0.2, -0.15) is 0 Å². The number of methoxy groups -OCH3 is 1. The van der Waals surface area contributed by atoms with Gasteiger partial charge in [0.2, 0.25) is 0 Å². The summed E-state index contributed by atoms with van der Waals surface area (Å²) in [6, 6.07) is 24.4. The summed E-state index contributed by atoms with van der Waals surface area (Å²) in [6.45, 7) is 4.31. The van der Waals surface area contributed by atoms with Crippen molar-refractivity contribution in [3.05, 3.63) is 106 Å². The Morgan fingerprint density at radius 2 is 1.74 bits per heavy atom. The molecule has 2 aromatic carbocycles. The van der Waals surface area contributed by atoms with Crippen molar-refractivity contribution >= 4 is 38.9 Å². The van der Waals surface area contributed by atoms with Gasteiger partial charge in [0.25, 0.3) is 0 Å². The number of nitrogens with zero attached hydrogens (tertiary/aromatic N) is 3. The Hall–Kier alpha value is -3.16. The number of anilines is 1. The molecule has 0 amide bonds. The molecular weight excluding hydrogens is 508 g/mol. The summed E-state index contributed by atoms with van der Waals surface area (Å²) in [5, 5.41) is 4.20. The minimum atomic E-state index is -0.113. The zero-order valence-electron chi connectivity index (χ0n) is 19.2. The molecule has 0 unspecified atom stereocenters. The Labute approximate surface area is 213 Å². The van der Waals surface area contributed by atoms with E-state index in [4.69, 9.17) is 17.0 Å². The van der Waals surface area contributed by atoms with Gasteiger partial charge in [-0.25, -0.2) is 0 Å². The highest BCUT2D eigenvalue weighted by Crippen LogP contribution is 2.46. The van der Waals surface area contributed by atoms with Crippen molar-refractivity contribution in [2.24, 2.45) is 0 Å². The fourth-order valence-electron chi connectivity index (χ4n) is 4.83. The van der Waals surface area contributed by atoms with Gasteiger partial charge in [0.05, 0.1) is 30.6 Å². The van der Waals surface area contributed by atoms with Gasteiger partial charge in [-0.3, -0.25) is 4.98 Å². The van der Waals surface area contributed by atoms with E-state index in [0.717, 1.165) is 38.7 Å². The Kier molecular flexibility index (Phi) is 6.15. The molecule has 0 aliphatic carbocycles. The second-order valence-corrected chi connectivity index (χ2v) is 9.61. The molecule has 1 N–H and O–H groups in total. The Balaban J connectivity index is 1.70. The first-order chi connectivity index (χ1) is 16.5. The lowest BCUT2D eigenvalue weighted by Crippen LogP contribution is -2.30. The number of rotatable bonds is 5. The molecule has 1 aliphatic rings. The number of hydrogen-bond acceptors (Lipinski definition) is 3. The van der Waals surface area contributed by atoms with Crippen LogP contribution in [-0.2, 0) is 0 Å². The summed E-state index contributed by atoms with van der Waals surface area (Å²) in [5.74, 6) is 0.778. The van der Waals surface area contributed by atoms with Crippen LogP contribution in [0, 0.1) is 13.8 Å². The Morgan fingerprint density at radius 3 is 2.44 bits per heavy atom. The van der Waals surface area contributed by atoms with E-state index in [1.54, 1.807) is 7.11 Å². The molecule has 2 aromatic heterocycles. The van der Waals surface area contributed by atoms with Gasteiger partial charge in [0.1, 0.15) is 5.75 Å². The van der Waals surface area contributed by atoms with Gasteiger partial charge >= 0.3 is 0 Å². The number of benzene rings is 2. The topological polar surface area (TPSA) is 42.3 Å². The van der Waals surface area contributed by atoms with Crippen LogP contribution in [0.5, 0.6) is 5.75 Å². The van der Waals surface area contributed by atoms with Crippen LogP contribution >= 0.6 is 28.1 Å². The lowest BCUT2D eigenvalue weighted by atomic mass is 9.96. The fraction of sp³-hybridized carbons (Fsp3) is 0.185. The van der Waals surface area contributed by atoms with E-state index in [-0.39, 0.29) is 12.1 Å². The molecule has 0 radical (unpaired) electrons. The maximum Gasteiger partial charge on any atom is 0.174 e. The highest BCUT2D eigenvalue weighted by Gasteiger charge is 2.43.